The molecule has 1 aromatic carbocycles. The standard InChI is InChI=1S/C20H23N5.HI/c1-2-21-20(25-14-11-16-7-3-4-8-18(16)25)22-12-10-17-15-24-13-6-5-9-19(24)23-17;/h3-9,13,15H,2,10-12,14H2,1H3,(H,21,22);1H. The van der Waals surface area contributed by atoms with Crippen molar-refractivity contribution in [1.29, 1.82) is 0 Å². The Morgan fingerprint density at radius 2 is 2.04 bits per heavy atom. The molecule has 26 heavy (non-hydrogen) atoms. The second-order valence-corrected chi connectivity index (χ2v) is 6.21. The first-order valence-electron chi connectivity index (χ1n) is 8.91. The number of pyridine rings is 1. The van der Waals surface area contributed by atoms with E-state index in [4.69, 9.17) is 4.99 Å². The van der Waals surface area contributed by atoms with Crippen LogP contribution in [0.15, 0.2) is 59.9 Å². The molecule has 0 amide bonds. The van der Waals surface area contributed by atoms with E-state index in [1.807, 2.05) is 24.4 Å². The lowest BCUT2D eigenvalue weighted by atomic mass is 10.2. The summed E-state index contributed by atoms with van der Waals surface area (Å²) in [6, 6.07) is 14.6. The topological polar surface area (TPSA) is 44.9 Å². The van der Waals surface area contributed by atoms with Gasteiger partial charge in [0.1, 0.15) is 5.65 Å². The van der Waals surface area contributed by atoms with E-state index in [-0.39, 0.29) is 24.0 Å². The number of imidazole rings is 1. The van der Waals surface area contributed by atoms with Crippen LogP contribution in [0, 0.1) is 0 Å². The Kier molecular flexibility index (Phi) is 6.13. The molecule has 0 aliphatic carbocycles. The second kappa shape index (κ2) is 8.53. The molecule has 0 bridgehead atoms. The minimum Gasteiger partial charge on any atom is -0.356 e. The zero-order chi connectivity index (χ0) is 17.1. The number of hydrogen-bond donors (Lipinski definition) is 1. The highest BCUT2D eigenvalue weighted by Crippen LogP contribution is 2.27. The Morgan fingerprint density at radius 3 is 2.88 bits per heavy atom. The molecule has 0 radical (unpaired) electrons. The normalized spacial score (nSPS) is 13.6. The molecule has 0 atom stereocenters. The average Bonchev–Trinajstić information content (AvgIpc) is 3.24. The van der Waals surface area contributed by atoms with Crippen molar-refractivity contribution >= 4 is 41.3 Å². The monoisotopic (exact) mass is 461 g/mol. The highest BCUT2D eigenvalue weighted by Gasteiger charge is 2.22. The summed E-state index contributed by atoms with van der Waals surface area (Å²) in [5.74, 6) is 0.969. The molecule has 0 saturated carbocycles. The molecule has 1 aliphatic rings. The van der Waals surface area contributed by atoms with Crippen molar-refractivity contribution in [2.75, 3.05) is 24.5 Å². The molecule has 3 aromatic rings. The molecule has 0 fully saturated rings. The minimum atomic E-state index is 0. The van der Waals surface area contributed by atoms with Gasteiger partial charge in [0, 0.05) is 44.1 Å². The summed E-state index contributed by atoms with van der Waals surface area (Å²) in [7, 11) is 0. The molecule has 6 heteroatoms. The van der Waals surface area contributed by atoms with Gasteiger partial charge in [-0.2, -0.15) is 0 Å². The predicted octanol–water partition coefficient (Wildman–Crippen LogP) is 3.52. The van der Waals surface area contributed by atoms with Crippen LogP contribution in [-0.4, -0.2) is 35.0 Å². The number of fused-ring (bicyclic) bond motifs is 2. The van der Waals surface area contributed by atoms with Crippen LogP contribution < -0.4 is 10.2 Å². The number of aromatic nitrogens is 2. The average molecular weight is 461 g/mol. The molecular formula is C20H24IN5. The molecule has 136 valence electrons. The third-order valence-electron chi connectivity index (χ3n) is 4.52. The van der Waals surface area contributed by atoms with E-state index >= 15 is 0 Å². The van der Waals surface area contributed by atoms with Crippen LogP contribution >= 0.6 is 24.0 Å². The predicted molar refractivity (Wildman–Crippen MR) is 118 cm³/mol. The number of hydrogen-bond acceptors (Lipinski definition) is 2. The number of aliphatic imine (C=N–C) groups is 1. The minimum absolute atomic E-state index is 0. The van der Waals surface area contributed by atoms with Crippen molar-refractivity contribution < 1.29 is 0 Å². The zero-order valence-corrected chi connectivity index (χ0v) is 17.3. The summed E-state index contributed by atoms with van der Waals surface area (Å²) in [4.78, 5) is 11.8. The number of rotatable bonds is 4. The lowest BCUT2D eigenvalue weighted by Gasteiger charge is -2.22. The van der Waals surface area contributed by atoms with E-state index in [2.05, 4.69) is 57.0 Å². The van der Waals surface area contributed by atoms with Gasteiger partial charge in [0.05, 0.1) is 5.69 Å². The fourth-order valence-electron chi connectivity index (χ4n) is 3.34. The van der Waals surface area contributed by atoms with E-state index < -0.39 is 0 Å². The Labute approximate surface area is 171 Å². The van der Waals surface area contributed by atoms with Crippen molar-refractivity contribution in [3.8, 4) is 0 Å². The first kappa shape index (κ1) is 18.7. The first-order valence-corrected chi connectivity index (χ1v) is 8.91. The number of guanidine groups is 1. The van der Waals surface area contributed by atoms with Crippen LogP contribution in [0.3, 0.4) is 0 Å². The number of halogens is 1. The second-order valence-electron chi connectivity index (χ2n) is 6.21. The van der Waals surface area contributed by atoms with Crippen LogP contribution in [0.2, 0.25) is 0 Å². The smallest absolute Gasteiger partial charge is 0.198 e. The van der Waals surface area contributed by atoms with Crippen LogP contribution in [0.5, 0.6) is 0 Å². The summed E-state index contributed by atoms with van der Waals surface area (Å²) < 4.78 is 2.06. The maximum absolute atomic E-state index is 4.84. The Balaban J connectivity index is 0.00000196. The van der Waals surface area contributed by atoms with E-state index in [0.717, 1.165) is 49.8 Å². The van der Waals surface area contributed by atoms with Gasteiger partial charge in [-0.25, -0.2) is 4.98 Å². The largest absolute Gasteiger partial charge is 0.356 e. The molecule has 2 aromatic heterocycles. The van der Waals surface area contributed by atoms with Gasteiger partial charge in [-0.3, -0.25) is 4.99 Å². The summed E-state index contributed by atoms with van der Waals surface area (Å²) in [5.41, 5.74) is 4.73. The van der Waals surface area contributed by atoms with E-state index in [9.17, 15) is 0 Å². The van der Waals surface area contributed by atoms with Crippen LogP contribution in [0.25, 0.3) is 5.65 Å². The lowest BCUT2D eigenvalue weighted by molar-refractivity contribution is 0.864. The first-order chi connectivity index (χ1) is 12.3. The summed E-state index contributed by atoms with van der Waals surface area (Å²) in [5, 5.41) is 3.43. The third-order valence-corrected chi connectivity index (χ3v) is 4.52. The van der Waals surface area contributed by atoms with Crippen molar-refractivity contribution in [3.05, 3.63) is 66.1 Å². The van der Waals surface area contributed by atoms with Crippen molar-refractivity contribution in [3.63, 3.8) is 0 Å². The zero-order valence-electron chi connectivity index (χ0n) is 14.9. The molecule has 0 saturated heterocycles. The molecule has 0 unspecified atom stereocenters. The fraction of sp³-hybridized carbons (Fsp3) is 0.300. The van der Waals surface area contributed by atoms with Gasteiger partial charge in [0.15, 0.2) is 5.96 Å². The van der Waals surface area contributed by atoms with Crippen LogP contribution in [-0.2, 0) is 12.8 Å². The fourth-order valence-corrected chi connectivity index (χ4v) is 3.34. The maximum Gasteiger partial charge on any atom is 0.198 e. The summed E-state index contributed by atoms with van der Waals surface area (Å²) in [6.07, 6.45) is 6.03. The molecule has 1 N–H and O–H groups in total. The van der Waals surface area contributed by atoms with E-state index in [1.165, 1.54) is 11.3 Å². The van der Waals surface area contributed by atoms with E-state index in [0.29, 0.717) is 0 Å². The summed E-state index contributed by atoms with van der Waals surface area (Å²) >= 11 is 0. The summed E-state index contributed by atoms with van der Waals surface area (Å²) in [6.45, 7) is 4.69. The number of nitrogens with one attached hydrogen (secondary N) is 1. The van der Waals surface area contributed by atoms with Crippen molar-refractivity contribution in [1.82, 2.24) is 14.7 Å². The maximum atomic E-state index is 4.84. The van der Waals surface area contributed by atoms with Gasteiger partial charge in [0.2, 0.25) is 0 Å². The van der Waals surface area contributed by atoms with Gasteiger partial charge < -0.3 is 14.6 Å². The number of benzene rings is 1. The molecule has 0 spiro atoms. The van der Waals surface area contributed by atoms with Gasteiger partial charge in [-0.05, 0) is 37.1 Å². The van der Waals surface area contributed by atoms with Gasteiger partial charge in [0.25, 0.3) is 0 Å². The van der Waals surface area contributed by atoms with E-state index in [1.54, 1.807) is 0 Å². The number of para-hydroxylation sites is 1. The Bertz CT molecular complexity index is 869. The third kappa shape index (κ3) is 3.85. The number of anilines is 1. The molecule has 5 nitrogen and oxygen atoms in total. The SMILES string of the molecule is CCNC(=NCCc1cn2ccccc2n1)N1CCc2ccccc21.I. The lowest BCUT2D eigenvalue weighted by Crippen LogP contribution is -2.40. The highest BCUT2D eigenvalue weighted by atomic mass is 127. The van der Waals surface area contributed by atoms with Gasteiger partial charge in [-0.15, -0.1) is 24.0 Å². The van der Waals surface area contributed by atoms with Crippen molar-refractivity contribution in [2.45, 2.75) is 19.8 Å². The molecule has 1 aliphatic heterocycles. The molecule has 3 heterocycles. The van der Waals surface area contributed by atoms with Crippen LogP contribution in [0.1, 0.15) is 18.2 Å². The quantitative estimate of drug-likeness (QED) is 0.368. The van der Waals surface area contributed by atoms with Crippen molar-refractivity contribution in [2.24, 2.45) is 4.99 Å². The van der Waals surface area contributed by atoms with Gasteiger partial charge in [-0.1, -0.05) is 24.3 Å². The van der Waals surface area contributed by atoms with Gasteiger partial charge >= 0.3 is 0 Å². The Hall–Kier alpha value is -2.09. The molecular weight excluding hydrogens is 437 g/mol. The highest BCUT2D eigenvalue weighted by molar-refractivity contribution is 14.0. The van der Waals surface area contributed by atoms with Crippen LogP contribution in [0.4, 0.5) is 5.69 Å². The Morgan fingerprint density at radius 1 is 1.19 bits per heavy atom. The molecule has 4 rings (SSSR count). The number of nitrogens with zero attached hydrogens (tertiary/aromatic N) is 4.